The fourth-order valence-electron chi connectivity index (χ4n) is 0.785. The minimum absolute atomic E-state index is 0.0512. The third-order valence-corrected chi connectivity index (χ3v) is 2.01. The van der Waals surface area contributed by atoms with Crippen LogP contribution in [-0.2, 0) is 4.84 Å². The van der Waals surface area contributed by atoms with Gasteiger partial charge in [0.1, 0.15) is 5.69 Å². The molecular weight excluding hydrogens is 293 g/mol. The number of pyridine rings is 1. The van der Waals surface area contributed by atoms with Crippen LogP contribution in [0.4, 0.5) is 13.2 Å². The summed E-state index contributed by atoms with van der Waals surface area (Å²) < 4.78 is 35.4. The Morgan fingerprint density at radius 3 is 2.81 bits per heavy atom. The monoisotopic (exact) mass is 298 g/mol. The average Bonchev–Trinajstić information content (AvgIpc) is 2.16. The van der Waals surface area contributed by atoms with E-state index in [1.807, 2.05) is 0 Å². The Balaban J connectivity index is 2.51. The Morgan fingerprint density at radius 2 is 2.25 bits per heavy atom. The zero-order chi connectivity index (χ0) is 12.2. The summed E-state index contributed by atoms with van der Waals surface area (Å²) in [5.74, 6) is -0.850. The second-order valence-electron chi connectivity index (χ2n) is 2.67. The molecule has 0 saturated heterocycles. The minimum Gasteiger partial charge on any atom is -0.265 e. The van der Waals surface area contributed by atoms with Crippen molar-refractivity contribution in [2.45, 2.75) is 6.18 Å². The molecule has 1 amide bonds. The van der Waals surface area contributed by atoms with Crippen LogP contribution in [0.2, 0.25) is 0 Å². The van der Waals surface area contributed by atoms with Crippen molar-refractivity contribution in [2.24, 2.45) is 0 Å². The lowest BCUT2D eigenvalue weighted by Gasteiger charge is -2.08. The molecule has 8 heteroatoms. The lowest BCUT2D eigenvalue weighted by molar-refractivity contribution is -0.184. The van der Waals surface area contributed by atoms with Crippen LogP contribution in [-0.4, -0.2) is 23.7 Å². The van der Waals surface area contributed by atoms with Crippen LogP contribution in [0.1, 0.15) is 10.5 Å². The zero-order valence-electron chi connectivity index (χ0n) is 7.71. The Morgan fingerprint density at radius 1 is 1.56 bits per heavy atom. The Labute approximate surface area is 96.9 Å². The number of nitrogens with one attached hydrogen (secondary N) is 1. The fourth-order valence-corrected chi connectivity index (χ4v) is 1.22. The first-order chi connectivity index (χ1) is 7.40. The second kappa shape index (κ2) is 5.26. The van der Waals surface area contributed by atoms with Crippen molar-refractivity contribution < 1.29 is 22.8 Å². The zero-order valence-corrected chi connectivity index (χ0v) is 9.30. The number of hydrogen-bond donors (Lipinski definition) is 1. The first kappa shape index (κ1) is 12.9. The van der Waals surface area contributed by atoms with E-state index in [0.717, 1.165) is 0 Å². The highest BCUT2D eigenvalue weighted by molar-refractivity contribution is 9.10. The summed E-state index contributed by atoms with van der Waals surface area (Å²) in [5.41, 5.74) is 1.59. The van der Waals surface area contributed by atoms with E-state index in [0.29, 0.717) is 4.47 Å². The van der Waals surface area contributed by atoms with Crippen LogP contribution >= 0.6 is 15.9 Å². The molecule has 1 aromatic heterocycles. The van der Waals surface area contributed by atoms with Crippen molar-refractivity contribution in [2.75, 3.05) is 6.61 Å². The standard InChI is InChI=1S/C8H6BrF3N2O2/c9-5-2-1-3-13-6(5)7(15)14-16-4-8(10,11)12/h1-3H,4H2,(H,14,15). The molecule has 0 aliphatic rings. The molecule has 0 spiro atoms. The van der Waals surface area contributed by atoms with E-state index in [1.54, 1.807) is 11.5 Å². The van der Waals surface area contributed by atoms with Gasteiger partial charge in [0.2, 0.25) is 0 Å². The highest BCUT2D eigenvalue weighted by atomic mass is 79.9. The van der Waals surface area contributed by atoms with Gasteiger partial charge in [0.25, 0.3) is 5.91 Å². The van der Waals surface area contributed by atoms with Gasteiger partial charge in [-0.25, -0.2) is 10.5 Å². The molecule has 0 radical (unpaired) electrons. The normalized spacial score (nSPS) is 11.2. The third kappa shape index (κ3) is 4.15. The number of hydrogen-bond acceptors (Lipinski definition) is 3. The number of amides is 1. The number of rotatable bonds is 3. The van der Waals surface area contributed by atoms with Gasteiger partial charge in [-0.2, -0.15) is 13.2 Å². The van der Waals surface area contributed by atoms with E-state index in [1.165, 1.54) is 12.3 Å². The SMILES string of the molecule is O=C(NOCC(F)(F)F)c1ncccc1Br. The van der Waals surface area contributed by atoms with Crippen LogP contribution in [0.15, 0.2) is 22.8 Å². The van der Waals surface area contributed by atoms with Gasteiger partial charge in [0.15, 0.2) is 6.61 Å². The van der Waals surface area contributed by atoms with E-state index in [4.69, 9.17) is 0 Å². The summed E-state index contributed by atoms with van der Waals surface area (Å²) >= 11 is 3.03. The second-order valence-corrected chi connectivity index (χ2v) is 3.52. The fraction of sp³-hybridized carbons (Fsp3) is 0.250. The maximum atomic E-state index is 11.7. The molecule has 0 fully saturated rings. The van der Waals surface area contributed by atoms with Crippen molar-refractivity contribution in [3.05, 3.63) is 28.5 Å². The van der Waals surface area contributed by atoms with Crippen LogP contribution < -0.4 is 5.48 Å². The van der Waals surface area contributed by atoms with Gasteiger partial charge < -0.3 is 0 Å². The molecule has 0 aromatic carbocycles. The van der Waals surface area contributed by atoms with Crippen molar-refractivity contribution in [3.63, 3.8) is 0 Å². The van der Waals surface area contributed by atoms with E-state index in [2.05, 4.69) is 25.8 Å². The summed E-state index contributed by atoms with van der Waals surface area (Å²) in [6, 6.07) is 3.10. The maximum Gasteiger partial charge on any atom is 0.414 e. The molecule has 1 heterocycles. The van der Waals surface area contributed by atoms with Crippen molar-refractivity contribution in [1.29, 1.82) is 0 Å². The van der Waals surface area contributed by atoms with Crippen molar-refractivity contribution in [1.82, 2.24) is 10.5 Å². The number of hydroxylamine groups is 1. The van der Waals surface area contributed by atoms with Crippen molar-refractivity contribution >= 4 is 21.8 Å². The van der Waals surface area contributed by atoms with Gasteiger partial charge in [0.05, 0.1) is 0 Å². The van der Waals surface area contributed by atoms with Crippen molar-refractivity contribution in [3.8, 4) is 0 Å². The minimum atomic E-state index is -4.49. The van der Waals surface area contributed by atoms with Gasteiger partial charge >= 0.3 is 6.18 Å². The molecule has 0 bridgehead atoms. The van der Waals surface area contributed by atoms with E-state index < -0.39 is 18.7 Å². The molecule has 1 aromatic rings. The summed E-state index contributed by atoms with van der Waals surface area (Å²) in [7, 11) is 0. The average molecular weight is 299 g/mol. The summed E-state index contributed by atoms with van der Waals surface area (Å²) in [4.78, 5) is 18.9. The Kier molecular flexibility index (Phi) is 4.25. The highest BCUT2D eigenvalue weighted by Gasteiger charge is 2.28. The number of alkyl halides is 3. The molecule has 1 rings (SSSR count). The lowest BCUT2D eigenvalue weighted by Crippen LogP contribution is -2.30. The smallest absolute Gasteiger partial charge is 0.265 e. The molecule has 0 aliphatic heterocycles. The van der Waals surface area contributed by atoms with E-state index in [9.17, 15) is 18.0 Å². The maximum absolute atomic E-state index is 11.7. The van der Waals surface area contributed by atoms with Gasteiger partial charge in [-0.05, 0) is 28.1 Å². The molecule has 0 aliphatic carbocycles. The van der Waals surface area contributed by atoms with Crippen LogP contribution in [0.25, 0.3) is 0 Å². The summed E-state index contributed by atoms with van der Waals surface area (Å²) in [6.45, 7) is -1.55. The molecule has 0 atom stereocenters. The van der Waals surface area contributed by atoms with E-state index in [-0.39, 0.29) is 5.69 Å². The largest absolute Gasteiger partial charge is 0.414 e. The first-order valence-electron chi connectivity index (χ1n) is 3.99. The quantitative estimate of drug-likeness (QED) is 0.869. The van der Waals surface area contributed by atoms with Crippen LogP contribution in [0.3, 0.4) is 0 Å². The van der Waals surface area contributed by atoms with Gasteiger partial charge in [-0.3, -0.25) is 9.63 Å². The number of carbonyl (C=O) groups excluding carboxylic acids is 1. The number of nitrogens with zero attached hydrogens (tertiary/aromatic N) is 1. The van der Waals surface area contributed by atoms with Gasteiger partial charge in [0, 0.05) is 10.7 Å². The Hall–Kier alpha value is -1.15. The molecule has 16 heavy (non-hydrogen) atoms. The summed E-state index contributed by atoms with van der Waals surface area (Å²) in [5, 5.41) is 0. The number of halogens is 4. The highest BCUT2D eigenvalue weighted by Crippen LogP contribution is 2.15. The van der Waals surface area contributed by atoms with Crippen LogP contribution in [0.5, 0.6) is 0 Å². The topological polar surface area (TPSA) is 51.2 Å². The van der Waals surface area contributed by atoms with E-state index >= 15 is 0 Å². The molecule has 1 N–H and O–H groups in total. The summed E-state index contributed by atoms with van der Waals surface area (Å²) in [6.07, 6.45) is -3.15. The molecule has 0 saturated carbocycles. The predicted octanol–water partition coefficient (Wildman–Crippen LogP) is 2.07. The third-order valence-electron chi connectivity index (χ3n) is 1.37. The predicted molar refractivity (Wildman–Crippen MR) is 51.4 cm³/mol. The molecule has 0 unspecified atom stereocenters. The number of carbonyl (C=O) groups is 1. The molecular formula is C8H6BrF3N2O2. The number of aromatic nitrogens is 1. The molecule has 4 nitrogen and oxygen atoms in total. The first-order valence-corrected chi connectivity index (χ1v) is 4.79. The lowest BCUT2D eigenvalue weighted by atomic mass is 10.3. The van der Waals surface area contributed by atoms with Gasteiger partial charge in [-0.1, -0.05) is 0 Å². The Bertz CT molecular complexity index is 384. The van der Waals surface area contributed by atoms with Crippen LogP contribution in [0, 0.1) is 0 Å². The molecule has 88 valence electrons. The van der Waals surface area contributed by atoms with Gasteiger partial charge in [-0.15, -0.1) is 0 Å².